The van der Waals surface area contributed by atoms with Gasteiger partial charge in [0.1, 0.15) is 6.10 Å². The van der Waals surface area contributed by atoms with Crippen molar-refractivity contribution < 1.29 is 9.53 Å². The highest BCUT2D eigenvalue weighted by atomic mass is 16.5. The predicted octanol–water partition coefficient (Wildman–Crippen LogP) is -0.218. The zero-order valence-electron chi connectivity index (χ0n) is 14.2. The maximum atomic E-state index is 12.4. The van der Waals surface area contributed by atoms with Crippen molar-refractivity contribution in [3.63, 3.8) is 0 Å². The van der Waals surface area contributed by atoms with Gasteiger partial charge in [-0.25, -0.2) is 0 Å². The van der Waals surface area contributed by atoms with Crippen LogP contribution in [0.25, 0.3) is 0 Å². The Morgan fingerprint density at radius 2 is 2.12 bits per heavy atom. The third-order valence-corrected chi connectivity index (χ3v) is 4.49. The van der Waals surface area contributed by atoms with Crippen molar-refractivity contribution in [3.05, 3.63) is 18.5 Å². The maximum absolute atomic E-state index is 12.4. The number of rotatable bonds is 4. The second kappa shape index (κ2) is 8.14. The van der Waals surface area contributed by atoms with Crippen LogP contribution in [0, 0.1) is 0 Å². The van der Waals surface area contributed by atoms with Crippen LogP contribution in [0.3, 0.4) is 0 Å². The van der Waals surface area contributed by atoms with E-state index in [0.717, 1.165) is 58.1 Å². The van der Waals surface area contributed by atoms with Crippen LogP contribution in [0.1, 0.15) is 12.8 Å². The average Bonchev–Trinajstić information content (AvgIpc) is 3.32. The second-order valence-electron chi connectivity index (χ2n) is 6.06. The van der Waals surface area contributed by atoms with E-state index in [0.29, 0.717) is 6.61 Å². The van der Waals surface area contributed by atoms with Gasteiger partial charge in [0.05, 0.1) is 6.54 Å². The van der Waals surface area contributed by atoms with Crippen molar-refractivity contribution in [2.75, 3.05) is 46.4 Å². The van der Waals surface area contributed by atoms with Crippen molar-refractivity contribution >= 4 is 11.9 Å². The van der Waals surface area contributed by atoms with E-state index >= 15 is 0 Å². The lowest BCUT2D eigenvalue weighted by Crippen LogP contribution is -2.55. The number of nitrogens with zero attached hydrogens (tertiary/aromatic N) is 5. The Balaban J connectivity index is 1.43. The number of amides is 1. The summed E-state index contributed by atoms with van der Waals surface area (Å²) in [6, 6.07) is 1.92. The Morgan fingerprint density at radius 1 is 1.33 bits per heavy atom. The summed E-state index contributed by atoms with van der Waals surface area (Å²) in [6.07, 6.45) is 5.35. The molecule has 132 valence electrons. The van der Waals surface area contributed by atoms with E-state index < -0.39 is 0 Å². The molecule has 24 heavy (non-hydrogen) atoms. The zero-order valence-corrected chi connectivity index (χ0v) is 14.2. The van der Waals surface area contributed by atoms with Crippen LogP contribution in [-0.2, 0) is 16.1 Å². The summed E-state index contributed by atoms with van der Waals surface area (Å²) >= 11 is 0. The quantitative estimate of drug-likeness (QED) is 0.609. The zero-order chi connectivity index (χ0) is 16.8. The summed E-state index contributed by atoms with van der Waals surface area (Å²) in [5.74, 6) is 1.03. The van der Waals surface area contributed by atoms with Gasteiger partial charge in [0.2, 0.25) is 0 Å². The molecule has 2 fully saturated rings. The van der Waals surface area contributed by atoms with Crippen LogP contribution >= 0.6 is 0 Å². The Kier molecular flexibility index (Phi) is 5.68. The van der Waals surface area contributed by atoms with E-state index in [9.17, 15) is 4.79 Å². The van der Waals surface area contributed by atoms with E-state index in [1.807, 2.05) is 21.8 Å². The van der Waals surface area contributed by atoms with Crippen LogP contribution in [0.4, 0.5) is 0 Å². The average molecular weight is 334 g/mol. The van der Waals surface area contributed by atoms with Gasteiger partial charge in [-0.05, 0) is 18.9 Å². The SMILES string of the molecule is CN=C(NCCn1cccn1)N1CCN(C(=O)C2CCCO2)CC1. The maximum Gasteiger partial charge on any atom is 0.251 e. The van der Waals surface area contributed by atoms with E-state index in [2.05, 4.69) is 20.3 Å². The van der Waals surface area contributed by atoms with Gasteiger partial charge in [-0.1, -0.05) is 0 Å². The number of nitrogens with one attached hydrogen (secondary N) is 1. The molecule has 0 radical (unpaired) electrons. The molecule has 1 N–H and O–H groups in total. The van der Waals surface area contributed by atoms with Gasteiger partial charge in [0.15, 0.2) is 5.96 Å². The smallest absolute Gasteiger partial charge is 0.251 e. The number of hydrogen-bond donors (Lipinski definition) is 1. The molecule has 8 heteroatoms. The number of piperazine rings is 1. The lowest BCUT2D eigenvalue weighted by molar-refractivity contribution is -0.142. The lowest BCUT2D eigenvalue weighted by atomic mass is 10.2. The highest BCUT2D eigenvalue weighted by Gasteiger charge is 2.30. The van der Waals surface area contributed by atoms with Crippen LogP contribution in [0.5, 0.6) is 0 Å². The Bertz CT molecular complexity index is 545. The van der Waals surface area contributed by atoms with Crippen molar-refractivity contribution in [1.82, 2.24) is 24.9 Å². The Labute approximate surface area is 142 Å². The van der Waals surface area contributed by atoms with E-state index in [1.165, 1.54) is 0 Å². The summed E-state index contributed by atoms with van der Waals surface area (Å²) in [7, 11) is 1.79. The third kappa shape index (κ3) is 4.05. The van der Waals surface area contributed by atoms with E-state index in [4.69, 9.17) is 4.74 Å². The largest absolute Gasteiger partial charge is 0.368 e. The minimum absolute atomic E-state index is 0.147. The molecule has 0 aliphatic carbocycles. The molecule has 1 aromatic rings. The summed E-state index contributed by atoms with van der Waals surface area (Å²) in [5.41, 5.74) is 0. The first-order chi connectivity index (χ1) is 11.8. The summed E-state index contributed by atoms with van der Waals surface area (Å²) in [4.78, 5) is 20.8. The predicted molar refractivity (Wildman–Crippen MR) is 90.7 cm³/mol. The second-order valence-corrected chi connectivity index (χ2v) is 6.06. The number of aromatic nitrogens is 2. The molecule has 1 atom stereocenters. The van der Waals surface area contributed by atoms with Gasteiger partial charge >= 0.3 is 0 Å². The molecule has 0 spiro atoms. The number of carbonyl (C=O) groups is 1. The molecule has 1 aromatic heterocycles. The van der Waals surface area contributed by atoms with Gasteiger partial charge in [0, 0.05) is 58.8 Å². The molecule has 1 unspecified atom stereocenters. The van der Waals surface area contributed by atoms with Crippen LogP contribution in [0.2, 0.25) is 0 Å². The number of ether oxygens (including phenoxy) is 1. The van der Waals surface area contributed by atoms with Gasteiger partial charge in [-0.2, -0.15) is 5.10 Å². The first-order valence-electron chi connectivity index (χ1n) is 8.61. The van der Waals surface area contributed by atoms with Gasteiger partial charge < -0.3 is 19.9 Å². The molecule has 2 saturated heterocycles. The minimum atomic E-state index is -0.219. The highest BCUT2D eigenvalue weighted by molar-refractivity contribution is 5.82. The first kappa shape index (κ1) is 16.8. The Morgan fingerprint density at radius 3 is 2.75 bits per heavy atom. The number of carbonyl (C=O) groups excluding carboxylic acids is 1. The highest BCUT2D eigenvalue weighted by Crippen LogP contribution is 2.16. The molecule has 2 aliphatic heterocycles. The Hall–Kier alpha value is -2.09. The fraction of sp³-hybridized carbons (Fsp3) is 0.688. The molecule has 0 saturated carbocycles. The van der Waals surface area contributed by atoms with Crippen molar-refractivity contribution in [2.45, 2.75) is 25.5 Å². The summed E-state index contributed by atoms with van der Waals surface area (Å²) < 4.78 is 7.39. The molecule has 2 aliphatic rings. The van der Waals surface area contributed by atoms with E-state index in [-0.39, 0.29) is 12.0 Å². The standard InChI is InChI=1S/C16H26N6O2/c1-17-16(18-6-8-22-7-3-5-19-22)21-11-9-20(10-12-21)15(23)14-4-2-13-24-14/h3,5,7,14H,2,4,6,8-13H2,1H3,(H,17,18). The number of hydrogen-bond acceptors (Lipinski definition) is 4. The molecular weight excluding hydrogens is 308 g/mol. The van der Waals surface area contributed by atoms with E-state index in [1.54, 1.807) is 13.2 Å². The molecule has 3 rings (SSSR count). The number of aliphatic imine (C=N–C) groups is 1. The molecule has 0 aromatic carbocycles. The van der Waals surface area contributed by atoms with Gasteiger partial charge in [-0.15, -0.1) is 0 Å². The molecule has 1 amide bonds. The summed E-state index contributed by atoms with van der Waals surface area (Å²) in [6.45, 7) is 5.30. The van der Waals surface area contributed by atoms with Crippen molar-refractivity contribution in [1.29, 1.82) is 0 Å². The first-order valence-corrected chi connectivity index (χ1v) is 8.61. The van der Waals surface area contributed by atoms with Gasteiger partial charge in [-0.3, -0.25) is 14.5 Å². The number of guanidine groups is 1. The molecule has 0 bridgehead atoms. The molecule has 8 nitrogen and oxygen atoms in total. The monoisotopic (exact) mass is 334 g/mol. The molecule has 3 heterocycles. The van der Waals surface area contributed by atoms with Gasteiger partial charge in [0.25, 0.3) is 5.91 Å². The normalized spacial score (nSPS) is 22.0. The van der Waals surface area contributed by atoms with Crippen LogP contribution < -0.4 is 5.32 Å². The van der Waals surface area contributed by atoms with Crippen LogP contribution in [-0.4, -0.2) is 83.9 Å². The van der Waals surface area contributed by atoms with Crippen molar-refractivity contribution in [3.8, 4) is 0 Å². The fourth-order valence-corrected chi connectivity index (χ4v) is 3.16. The fourth-order valence-electron chi connectivity index (χ4n) is 3.16. The van der Waals surface area contributed by atoms with Crippen molar-refractivity contribution in [2.24, 2.45) is 4.99 Å². The third-order valence-electron chi connectivity index (χ3n) is 4.49. The topological polar surface area (TPSA) is 75.0 Å². The molecular formula is C16H26N6O2. The van der Waals surface area contributed by atoms with Crippen LogP contribution in [0.15, 0.2) is 23.5 Å². The summed E-state index contributed by atoms with van der Waals surface area (Å²) in [5, 5.41) is 7.55. The lowest BCUT2D eigenvalue weighted by Gasteiger charge is -2.37. The minimum Gasteiger partial charge on any atom is -0.368 e.